The molecule has 0 spiro atoms. The predicted octanol–water partition coefficient (Wildman–Crippen LogP) is 2.45. The molecule has 16 heavy (non-hydrogen) atoms. The van der Waals surface area contributed by atoms with Gasteiger partial charge >= 0.3 is 0 Å². The smallest absolute Gasteiger partial charge is 0.138 e. The van der Waals surface area contributed by atoms with Crippen molar-refractivity contribution < 1.29 is 9.84 Å². The second-order valence-electron chi connectivity index (χ2n) is 4.07. The number of para-hydroxylation sites is 1. The highest BCUT2D eigenvalue weighted by molar-refractivity contribution is 9.10. The van der Waals surface area contributed by atoms with Gasteiger partial charge in [0.25, 0.3) is 0 Å². The van der Waals surface area contributed by atoms with E-state index in [-0.39, 0.29) is 6.61 Å². The first-order valence-electron chi connectivity index (χ1n) is 5.33. The summed E-state index contributed by atoms with van der Waals surface area (Å²) in [7, 11) is 0. The van der Waals surface area contributed by atoms with E-state index in [4.69, 9.17) is 10.5 Å². The zero-order valence-corrected chi connectivity index (χ0v) is 11.3. The maximum atomic E-state index is 9.87. The quantitative estimate of drug-likeness (QED) is 0.875. The van der Waals surface area contributed by atoms with E-state index in [9.17, 15) is 5.11 Å². The van der Waals surface area contributed by atoms with Crippen LogP contribution in [0.2, 0.25) is 0 Å². The Morgan fingerprint density at radius 3 is 2.75 bits per heavy atom. The van der Waals surface area contributed by atoms with Crippen LogP contribution in [-0.4, -0.2) is 17.3 Å². The minimum absolute atomic E-state index is 0.263. The fourth-order valence-corrected chi connectivity index (χ4v) is 1.73. The van der Waals surface area contributed by atoms with E-state index in [0.29, 0.717) is 13.0 Å². The molecule has 3 nitrogen and oxygen atoms in total. The van der Waals surface area contributed by atoms with Gasteiger partial charge in [-0.1, -0.05) is 19.1 Å². The number of ether oxygens (including phenoxy) is 1. The Morgan fingerprint density at radius 2 is 2.19 bits per heavy atom. The fraction of sp³-hybridized carbons (Fsp3) is 0.500. The highest BCUT2D eigenvalue weighted by Crippen LogP contribution is 2.29. The van der Waals surface area contributed by atoms with Crippen LogP contribution in [0.15, 0.2) is 22.7 Å². The Bertz CT molecular complexity index is 353. The molecule has 0 heterocycles. The molecule has 0 amide bonds. The number of hydrogen-bond acceptors (Lipinski definition) is 3. The summed E-state index contributed by atoms with van der Waals surface area (Å²) in [6, 6.07) is 5.73. The number of hydrogen-bond donors (Lipinski definition) is 2. The lowest BCUT2D eigenvalue weighted by Crippen LogP contribution is -2.31. The first kappa shape index (κ1) is 13.5. The van der Waals surface area contributed by atoms with Crippen molar-refractivity contribution >= 4 is 15.9 Å². The van der Waals surface area contributed by atoms with Crippen LogP contribution < -0.4 is 10.5 Å². The molecule has 1 unspecified atom stereocenters. The van der Waals surface area contributed by atoms with E-state index in [1.54, 1.807) is 6.92 Å². The predicted molar refractivity (Wildman–Crippen MR) is 68.4 cm³/mol. The molecule has 0 saturated heterocycles. The van der Waals surface area contributed by atoms with Crippen LogP contribution in [0, 0.1) is 0 Å². The van der Waals surface area contributed by atoms with Crippen molar-refractivity contribution in [1.82, 2.24) is 0 Å². The lowest BCUT2D eigenvalue weighted by atomic mass is 10.1. The lowest BCUT2D eigenvalue weighted by molar-refractivity contribution is 0.00795. The SMILES string of the molecule is CCC(C)(O)COc1c(Br)cccc1CN. The molecule has 1 aromatic rings. The van der Waals surface area contributed by atoms with Gasteiger partial charge in [-0.15, -0.1) is 0 Å². The minimum atomic E-state index is -0.804. The number of benzene rings is 1. The van der Waals surface area contributed by atoms with Gasteiger partial charge < -0.3 is 15.6 Å². The summed E-state index contributed by atoms with van der Waals surface area (Å²) in [6.45, 7) is 4.36. The van der Waals surface area contributed by atoms with Crippen LogP contribution in [-0.2, 0) is 6.54 Å². The number of rotatable bonds is 5. The van der Waals surface area contributed by atoms with E-state index >= 15 is 0 Å². The summed E-state index contributed by atoms with van der Waals surface area (Å²) >= 11 is 3.42. The number of nitrogens with two attached hydrogens (primary N) is 1. The molecule has 0 fully saturated rings. The van der Waals surface area contributed by atoms with E-state index in [2.05, 4.69) is 15.9 Å². The summed E-state index contributed by atoms with van der Waals surface area (Å²) in [6.07, 6.45) is 0.648. The molecule has 0 aliphatic carbocycles. The van der Waals surface area contributed by atoms with Gasteiger partial charge in [0.05, 0.1) is 10.1 Å². The molecular formula is C12H18BrNO2. The largest absolute Gasteiger partial charge is 0.489 e. The minimum Gasteiger partial charge on any atom is -0.489 e. The molecular weight excluding hydrogens is 270 g/mol. The maximum Gasteiger partial charge on any atom is 0.138 e. The Labute approximate surface area is 105 Å². The van der Waals surface area contributed by atoms with Crippen molar-refractivity contribution in [1.29, 1.82) is 0 Å². The molecule has 3 N–H and O–H groups in total. The Kier molecular flexibility index (Phi) is 4.77. The summed E-state index contributed by atoms with van der Waals surface area (Å²) in [4.78, 5) is 0. The molecule has 1 atom stereocenters. The second-order valence-corrected chi connectivity index (χ2v) is 4.93. The van der Waals surface area contributed by atoms with Crippen LogP contribution in [0.4, 0.5) is 0 Å². The van der Waals surface area contributed by atoms with Gasteiger partial charge in [-0.3, -0.25) is 0 Å². The average molecular weight is 288 g/mol. The summed E-state index contributed by atoms with van der Waals surface area (Å²) < 4.78 is 6.50. The third-order valence-electron chi connectivity index (χ3n) is 2.56. The number of aliphatic hydroxyl groups is 1. The number of halogens is 1. The Morgan fingerprint density at radius 1 is 1.50 bits per heavy atom. The normalized spacial score (nSPS) is 14.6. The Balaban J connectivity index is 2.80. The third kappa shape index (κ3) is 3.47. The molecule has 0 aliphatic heterocycles. The standard InChI is InChI=1S/C12H18BrNO2/c1-3-12(2,15)8-16-11-9(7-14)5-4-6-10(11)13/h4-6,15H,3,7-8,14H2,1-2H3. The monoisotopic (exact) mass is 287 g/mol. The van der Waals surface area contributed by atoms with Gasteiger partial charge in [0, 0.05) is 12.1 Å². The van der Waals surface area contributed by atoms with Crippen LogP contribution in [0.25, 0.3) is 0 Å². The molecule has 4 heteroatoms. The summed E-state index contributed by atoms with van der Waals surface area (Å²) in [5, 5.41) is 9.87. The van der Waals surface area contributed by atoms with Gasteiger partial charge in [-0.25, -0.2) is 0 Å². The average Bonchev–Trinajstić information content (AvgIpc) is 2.27. The van der Waals surface area contributed by atoms with Crippen molar-refractivity contribution in [3.63, 3.8) is 0 Å². The highest BCUT2D eigenvalue weighted by atomic mass is 79.9. The molecule has 0 bridgehead atoms. The van der Waals surface area contributed by atoms with Crippen molar-refractivity contribution in [3.05, 3.63) is 28.2 Å². The second kappa shape index (κ2) is 5.66. The van der Waals surface area contributed by atoms with Crippen LogP contribution >= 0.6 is 15.9 Å². The van der Waals surface area contributed by atoms with Crippen molar-refractivity contribution in [3.8, 4) is 5.75 Å². The molecule has 1 rings (SSSR count). The molecule has 1 aromatic carbocycles. The maximum absolute atomic E-state index is 9.87. The molecule has 0 saturated carbocycles. The van der Waals surface area contributed by atoms with Crippen LogP contribution in [0.1, 0.15) is 25.8 Å². The van der Waals surface area contributed by atoms with E-state index < -0.39 is 5.60 Å². The molecule has 0 aliphatic rings. The van der Waals surface area contributed by atoms with Crippen molar-refractivity contribution in [2.24, 2.45) is 5.73 Å². The zero-order valence-electron chi connectivity index (χ0n) is 9.66. The van der Waals surface area contributed by atoms with E-state index in [1.807, 2.05) is 25.1 Å². The topological polar surface area (TPSA) is 55.5 Å². The van der Waals surface area contributed by atoms with Crippen LogP contribution in [0.3, 0.4) is 0 Å². The highest BCUT2D eigenvalue weighted by Gasteiger charge is 2.19. The lowest BCUT2D eigenvalue weighted by Gasteiger charge is -2.23. The van der Waals surface area contributed by atoms with Crippen molar-refractivity contribution in [2.75, 3.05) is 6.61 Å². The Hall–Kier alpha value is -0.580. The fourth-order valence-electron chi connectivity index (χ4n) is 1.21. The summed E-state index contributed by atoms with van der Waals surface area (Å²) in [5.41, 5.74) is 5.76. The van der Waals surface area contributed by atoms with Gasteiger partial charge in [-0.05, 0) is 35.3 Å². The first-order valence-corrected chi connectivity index (χ1v) is 6.12. The molecule has 0 radical (unpaired) electrons. The van der Waals surface area contributed by atoms with Crippen LogP contribution in [0.5, 0.6) is 5.75 Å². The molecule has 90 valence electrons. The summed E-state index contributed by atoms with van der Waals surface area (Å²) in [5.74, 6) is 0.721. The molecule has 0 aromatic heterocycles. The first-order chi connectivity index (χ1) is 7.50. The van der Waals surface area contributed by atoms with E-state index in [0.717, 1.165) is 15.8 Å². The van der Waals surface area contributed by atoms with Crippen molar-refractivity contribution in [2.45, 2.75) is 32.4 Å². The van der Waals surface area contributed by atoms with Gasteiger partial charge in [0.2, 0.25) is 0 Å². The van der Waals surface area contributed by atoms with Gasteiger partial charge in [0.15, 0.2) is 0 Å². The zero-order chi connectivity index (χ0) is 12.2. The van der Waals surface area contributed by atoms with Gasteiger partial charge in [-0.2, -0.15) is 0 Å². The van der Waals surface area contributed by atoms with E-state index in [1.165, 1.54) is 0 Å². The third-order valence-corrected chi connectivity index (χ3v) is 3.18. The van der Waals surface area contributed by atoms with Gasteiger partial charge in [0.1, 0.15) is 12.4 Å².